The first kappa shape index (κ1) is 51.1. The van der Waals surface area contributed by atoms with Crippen LogP contribution in [0.5, 0.6) is 0 Å². The lowest BCUT2D eigenvalue weighted by Crippen LogP contribution is -2.71. The van der Waals surface area contributed by atoms with E-state index in [1.807, 2.05) is 6.92 Å². The second kappa shape index (κ2) is 19.9. The number of fused-ring (bicyclic) bond motifs is 5. The maximum absolute atomic E-state index is 12.7. The Hall–Kier alpha value is -0.760. The fourth-order valence-corrected chi connectivity index (χ4v) is 14.0. The lowest BCUT2D eigenvalue weighted by atomic mass is 9.41. The highest BCUT2D eigenvalue weighted by Gasteiger charge is 2.73. The summed E-state index contributed by atoms with van der Waals surface area (Å²) >= 11 is 0. The zero-order valence-corrected chi connectivity index (χ0v) is 38.1. The van der Waals surface area contributed by atoms with Gasteiger partial charge in [-0.2, -0.15) is 0 Å². The highest BCUT2D eigenvalue weighted by molar-refractivity contribution is 5.22. The minimum atomic E-state index is -1.66. The van der Waals surface area contributed by atoms with Gasteiger partial charge in [-0.1, -0.05) is 41.0 Å². The zero-order chi connectivity index (χ0) is 46.8. The smallest absolute Gasteiger partial charge is 0.186 e. The van der Waals surface area contributed by atoms with E-state index < -0.39 is 133 Å². The molecule has 7 aliphatic rings. The van der Waals surface area contributed by atoms with Crippen LogP contribution in [0.15, 0.2) is 0 Å². The van der Waals surface area contributed by atoms with Crippen molar-refractivity contribution in [3.63, 3.8) is 0 Å². The molecule has 0 radical (unpaired) electrons. The summed E-state index contributed by atoms with van der Waals surface area (Å²) in [7, 11) is 1.31. The molecule has 0 aromatic carbocycles. The maximum atomic E-state index is 12.7. The van der Waals surface area contributed by atoms with Gasteiger partial charge in [-0.05, 0) is 78.9 Å². The van der Waals surface area contributed by atoms with Gasteiger partial charge < -0.3 is 94.4 Å². The number of hydrogen-bond acceptors (Lipinski definition) is 19. The number of rotatable bonds is 14. The average molecular weight is 923 g/mol. The minimum Gasteiger partial charge on any atom is -0.393 e. The molecule has 19 nitrogen and oxygen atoms in total. The quantitative estimate of drug-likeness (QED) is 0.0908. The van der Waals surface area contributed by atoms with Crippen molar-refractivity contribution in [2.45, 2.75) is 196 Å². The third kappa shape index (κ3) is 9.10. The molecule has 0 aromatic heterocycles. The summed E-state index contributed by atoms with van der Waals surface area (Å²) < 4.78 is 39.2. The Morgan fingerprint density at radius 1 is 0.594 bits per heavy atom. The molecule has 0 unspecified atom stereocenters. The van der Waals surface area contributed by atoms with Gasteiger partial charge in [0.1, 0.15) is 54.9 Å². The van der Waals surface area contributed by atoms with Crippen LogP contribution in [-0.2, 0) is 33.2 Å². The largest absolute Gasteiger partial charge is 0.393 e. The van der Waals surface area contributed by atoms with Crippen molar-refractivity contribution < 1.29 is 94.4 Å². The molecule has 0 aromatic rings. The number of methoxy groups -OCH3 is 1. The Balaban J connectivity index is 0.887. The molecule has 0 amide bonds. The average Bonchev–Trinajstić information content (AvgIpc) is 3.44. The van der Waals surface area contributed by atoms with Crippen LogP contribution in [0.2, 0.25) is 0 Å². The summed E-state index contributed by atoms with van der Waals surface area (Å²) in [5, 5.41) is 133. The highest BCUT2D eigenvalue weighted by Crippen LogP contribution is 2.70. The second-order valence-corrected chi connectivity index (χ2v) is 21.4. The van der Waals surface area contributed by atoms with Crippen LogP contribution in [0, 0.1) is 52.3 Å². The molecular formula is C45H78O19. The summed E-state index contributed by atoms with van der Waals surface area (Å²) in [5.74, 6) is -1.57. The van der Waals surface area contributed by atoms with Gasteiger partial charge >= 0.3 is 0 Å². The molecule has 0 spiro atoms. The Bertz CT molecular complexity index is 1530. The van der Waals surface area contributed by atoms with Crippen LogP contribution >= 0.6 is 0 Å². The molecule has 3 saturated heterocycles. The van der Waals surface area contributed by atoms with E-state index in [0.29, 0.717) is 32.1 Å². The van der Waals surface area contributed by atoms with Gasteiger partial charge in [-0.15, -0.1) is 0 Å². The van der Waals surface area contributed by atoms with Crippen LogP contribution in [0.1, 0.15) is 86.0 Å². The monoisotopic (exact) mass is 923 g/mol. The standard InChI is InChI=1S/C45H78O19/c1-19(2)21(8-7-20(3)28-33(52)34(53)39-44(28,5)13-10-27-43(4)12-9-22(46)30(49)29(43)23(47)15-45(27,39)57)11-14-59-40-35(54)31(50)25(17-61-40)63-41-36(55)32(51)26(18-62-41)64-42-37(56)38(58-6)24(48)16-60-42/h19-42,46-57H,7-18H2,1-6H3/t20-,21-,22+,23+,24-,25-,26-,27-,28+,29+,30+,31+,32+,33-,34-,35-,36-,37-,38+,39-,40-,41+,42+,43-,44-,45+/m1/s1. The minimum absolute atomic E-state index is 0.0373. The van der Waals surface area contributed by atoms with Crippen molar-refractivity contribution in [1.29, 1.82) is 0 Å². The Morgan fingerprint density at radius 3 is 1.80 bits per heavy atom. The summed E-state index contributed by atoms with van der Waals surface area (Å²) in [6, 6.07) is 0. The molecule has 4 saturated carbocycles. The molecule has 3 heterocycles. The zero-order valence-electron chi connectivity index (χ0n) is 38.1. The molecule has 4 aliphatic carbocycles. The van der Waals surface area contributed by atoms with Crippen molar-refractivity contribution in [3.8, 4) is 0 Å². The van der Waals surface area contributed by atoms with Crippen LogP contribution in [0.4, 0.5) is 0 Å². The van der Waals surface area contributed by atoms with Crippen LogP contribution in [0.3, 0.4) is 0 Å². The first-order valence-corrected chi connectivity index (χ1v) is 23.6. The number of aliphatic hydroxyl groups is 12. The van der Waals surface area contributed by atoms with Gasteiger partial charge in [0.2, 0.25) is 0 Å². The second-order valence-electron chi connectivity index (χ2n) is 21.4. The lowest BCUT2D eigenvalue weighted by Gasteiger charge is -2.66. The molecule has 19 heteroatoms. The predicted molar refractivity (Wildman–Crippen MR) is 221 cm³/mol. The summed E-state index contributed by atoms with van der Waals surface area (Å²) in [6.45, 7) is 9.85. The van der Waals surface area contributed by atoms with Gasteiger partial charge in [0.05, 0.1) is 62.5 Å². The normalized spacial score (nSPS) is 53.0. The van der Waals surface area contributed by atoms with E-state index in [2.05, 4.69) is 27.7 Å². The van der Waals surface area contributed by atoms with Gasteiger partial charge in [0, 0.05) is 25.4 Å². The summed E-state index contributed by atoms with van der Waals surface area (Å²) in [5.41, 5.74) is -2.75. The van der Waals surface area contributed by atoms with Crippen molar-refractivity contribution >= 4 is 0 Å². The highest BCUT2D eigenvalue weighted by atomic mass is 16.7. The molecule has 7 fully saturated rings. The SMILES string of the molecule is CO[C@@H]1[C@@H](O)[C@H](O[C@@H]2CO[C@@H](O[C@@H]3CO[C@@H](OCC[C@@H](CC[C@@H](C)[C@H]4[C@@H](O)[C@@H](O)[C@@H]5[C@]4(C)CC[C@@H]4[C@@]6(C)CC[C@H](O)[C@H](O)[C@@H]6[C@@H](O)C[C@]45O)C(C)C)[C@H](O)[C@H]3O)[C@H](O)[C@H]2O)OC[C@H]1O. The molecule has 0 bridgehead atoms. The molecule has 64 heavy (non-hydrogen) atoms. The van der Waals surface area contributed by atoms with E-state index in [-0.39, 0.29) is 62.4 Å². The van der Waals surface area contributed by atoms with Crippen molar-refractivity contribution in [2.24, 2.45) is 52.3 Å². The molecule has 372 valence electrons. The van der Waals surface area contributed by atoms with E-state index in [9.17, 15) is 61.3 Å². The van der Waals surface area contributed by atoms with Crippen molar-refractivity contribution in [2.75, 3.05) is 33.5 Å². The Morgan fingerprint density at radius 2 is 1.17 bits per heavy atom. The van der Waals surface area contributed by atoms with E-state index in [0.717, 1.165) is 12.8 Å². The van der Waals surface area contributed by atoms with E-state index >= 15 is 0 Å². The molecule has 7 rings (SSSR count). The molecule has 12 N–H and O–H groups in total. The van der Waals surface area contributed by atoms with E-state index in [1.165, 1.54) is 7.11 Å². The molecule has 26 atom stereocenters. The molecule has 3 aliphatic heterocycles. The topological polar surface area (TPSA) is 307 Å². The number of ether oxygens (including phenoxy) is 7. The van der Waals surface area contributed by atoms with E-state index in [1.54, 1.807) is 0 Å². The van der Waals surface area contributed by atoms with Crippen molar-refractivity contribution in [3.05, 3.63) is 0 Å². The van der Waals surface area contributed by atoms with E-state index in [4.69, 9.17) is 33.2 Å². The summed E-state index contributed by atoms with van der Waals surface area (Å²) in [6.07, 6.45) is -17.1. The van der Waals surface area contributed by atoms with Gasteiger partial charge in [0.15, 0.2) is 18.9 Å². The fourth-order valence-electron chi connectivity index (χ4n) is 14.0. The first-order valence-electron chi connectivity index (χ1n) is 23.6. The van der Waals surface area contributed by atoms with Crippen LogP contribution in [0.25, 0.3) is 0 Å². The van der Waals surface area contributed by atoms with Crippen LogP contribution < -0.4 is 0 Å². The van der Waals surface area contributed by atoms with Crippen molar-refractivity contribution in [1.82, 2.24) is 0 Å². The Kier molecular flexibility index (Phi) is 15.9. The van der Waals surface area contributed by atoms with Gasteiger partial charge in [-0.3, -0.25) is 0 Å². The number of aliphatic hydroxyl groups excluding tert-OH is 11. The number of hydrogen-bond donors (Lipinski definition) is 12. The lowest BCUT2D eigenvalue weighted by molar-refractivity contribution is -0.349. The van der Waals surface area contributed by atoms with Crippen LogP contribution in [-0.4, -0.2) is 205 Å². The Labute approximate surface area is 375 Å². The van der Waals surface area contributed by atoms with Gasteiger partial charge in [-0.25, -0.2) is 0 Å². The predicted octanol–water partition coefficient (Wildman–Crippen LogP) is -1.88. The maximum Gasteiger partial charge on any atom is 0.186 e. The van der Waals surface area contributed by atoms with Gasteiger partial charge in [0.25, 0.3) is 0 Å². The third-order valence-electron chi connectivity index (χ3n) is 17.4. The first-order chi connectivity index (χ1) is 30.1. The fraction of sp³-hybridized carbons (Fsp3) is 1.00. The molecular weight excluding hydrogens is 844 g/mol. The summed E-state index contributed by atoms with van der Waals surface area (Å²) in [4.78, 5) is 0. The third-order valence-corrected chi connectivity index (χ3v) is 17.4.